The highest BCUT2D eigenvalue weighted by Gasteiger charge is 2.06. The second-order valence-electron chi connectivity index (χ2n) is 4.84. The maximum atomic E-state index is 11.7. The minimum Gasteiger partial charge on any atom is -0.309 e. The van der Waals surface area contributed by atoms with E-state index < -0.39 is 0 Å². The summed E-state index contributed by atoms with van der Waals surface area (Å²) in [6.45, 7) is 6.65. The molecule has 100 valence electrons. The quantitative estimate of drug-likeness (QED) is 0.874. The van der Waals surface area contributed by atoms with Gasteiger partial charge in [0.1, 0.15) is 5.69 Å². The van der Waals surface area contributed by atoms with Crippen LogP contribution in [0, 0.1) is 6.92 Å². The van der Waals surface area contributed by atoms with Gasteiger partial charge in [0.2, 0.25) is 0 Å². The monoisotopic (exact) mass is 258 g/mol. The van der Waals surface area contributed by atoms with Gasteiger partial charge in [-0.25, -0.2) is 4.98 Å². The molecule has 0 radical (unpaired) electrons. The van der Waals surface area contributed by atoms with Gasteiger partial charge in [-0.2, -0.15) is 0 Å². The third-order valence-corrected chi connectivity index (χ3v) is 2.64. The molecule has 0 aliphatic heterocycles. The fourth-order valence-electron chi connectivity index (χ4n) is 1.69. The zero-order valence-corrected chi connectivity index (χ0v) is 11.4. The van der Waals surface area contributed by atoms with Crippen LogP contribution in [0.2, 0.25) is 0 Å². The summed E-state index contributed by atoms with van der Waals surface area (Å²) >= 11 is 0. The summed E-state index contributed by atoms with van der Waals surface area (Å²) in [4.78, 5) is 23.1. The smallest absolute Gasteiger partial charge is 0.251 e. The van der Waals surface area contributed by atoms with Crippen LogP contribution in [0.3, 0.4) is 0 Å². The summed E-state index contributed by atoms with van der Waals surface area (Å²) in [6, 6.07) is 5.67. The molecule has 0 aliphatic carbocycles. The number of pyridine rings is 1. The standard InChI is InChI=1S/C14H18N4O/c1-9(2)16-8-11-7-13(19)18-14(17-11)12-6-10(3)4-5-15-12/h4-7,9,16H,8H2,1-3H3,(H,17,18,19). The lowest BCUT2D eigenvalue weighted by Gasteiger charge is -2.08. The van der Waals surface area contributed by atoms with Gasteiger partial charge in [-0.15, -0.1) is 0 Å². The Labute approximate surface area is 112 Å². The van der Waals surface area contributed by atoms with Crippen molar-refractivity contribution in [2.45, 2.75) is 33.4 Å². The van der Waals surface area contributed by atoms with Gasteiger partial charge in [-0.1, -0.05) is 13.8 Å². The van der Waals surface area contributed by atoms with Gasteiger partial charge in [0, 0.05) is 24.8 Å². The Hall–Kier alpha value is -2.01. The number of nitrogens with one attached hydrogen (secondary N) is 2. The molecule has 0 bridgehead atoms. The van der Waals surface area contributed by atoms with Gasteiger partial charge in [-0.05, 0) is 24.6 Å². The van der Waals surface area contributed by atoms with E-state index in [2.05, 4.69) is 34.1 Å². The molecule has 19 heavy (non-hydrogen) atoms. The van der Waals surface area contributed by atoms with Crippen LogP contribution in [-0.2, 0) is 6.54 Å². The lowest BCUT2D eigenvalue weighted by Crippen LogP contribution is -2.24. The van der Waals surface area contributed by atoms with Crippen molar-refractivity contribution in [3.8, 4) is 11.5 Å². The molecular weight excluding hydrogens is 240 g/mol. The number of aromatic amines is 1. The van der Waals surface area contributed by atoms with Crippen molar-refractivity contribution < 1.29 is 0 Å². The average Bonchev–Trinajstić information content (AvgIpc) is 2.36. The zero-order valence-electron chi connectivity index (χ0n) is 11.4. The summed E-state index contributed by atoms with van der Waals surface area (Å²) in [7, 11) is 0. The molecule has 2 heterocycles. The van der Waals surface area contributed by atoms with E-state index in [4.69, 9.17) is 0 Å². The number of aryl methyl sites for hydroxylation is 1. The molecule has 2 aromatic rings. The molecule has 0 unspecified atom stereocenters. The Morgan fingerprint density at radius 3 is 2.84 bits per heavy atom. The topological polar surface area (TPSA) is 70.7 Å². The van der Waals surface area contributed by atoms with Crippen LogP contribution in [0.4, 0.5) is 0 Å². The molecule has 0 aliphatic rings. The zero-order chi connectivity index (χ0) is 13.8. The van der Waals surface area contributed by atoms with Crippen molar-refractivity contribution >= 4 is 0 Å². The normalized spacial score (nSPS) is 10.9. The minimum absolute atomic E-state index is 0.158. The second kappa shape index (κ2) is 5.75. The van der Waals surface area contributed by atoms with Crippen LogP contribution >= 0.6 is 0 Å². The molecule has 5 nitrogen and oxygen atoms in total. The van der Waals surface area contributed by atoms with Gasteiger partial charge < -0.3 is 10.3 Å². The predicted molar refractivity (Wildman–Crippen MR) is 74.8 cm³/mol. The first-order valence-electron chi connectivity index (χ1n) is 6.31. The van der Waals surface area contributed by atoms with E-state index in [0.717, 1.165) is 11.3 Å². The molecule has 0 aromatic carbocycles. The largest absolute Gasteiger partial charge is 0.309 e. The summed E-state index contributed by atoms with van der Waals surface area (Å²) in [5, 5.41) is 3.24. The number of rotatable bonds is 4. The molecule has 0 atom stereocenters. The van der Waals surface area contributed by atoms with Crippen LogP contribution < -0.4 is 10.9 Å². The third-order valence-electron chi connectivity index (χ3n) is 2.64. The number of nitrogens with zero attached hydrogens (tertiary/aromatic N) is 2. The van der Waals surface area contributed by atoms with Crippen LogP contribution in [0.25, 0.3) is 11.5 Å². The molecular formula is C14H18N4O. The number of hydrogen-bond acceptors (Lipinski definition) is 4. The van der Waals surface area contributed by atoms with Gasteiger partial charge in [0.15, 0.2) is 5.82 Å². The lowest BCUT2D eigenvalue weighted by atomic mass is 10.2. The van der Waals surface area contributed by atoms with E-state index in [9.17, 15) is 4.79 Å². The van der Waals surface area contributed by atoms with E-state index in [0.29, 0.717) is 24.1 Å². The van der Waals surface area contributed by atoms with Crippen LogP contribution in [0.15, 0.2) is 29.2 Å². The molecule has 0 saturated heterocycles. The Balaban J connectivity index is 2.33. The fraction of sp³-hybridized carbons (Fsp3) is 0.357. The van der Waals surface area contributed by atoms with Gasteiger partial charge in [-0.3, -0.25) is 9.78 Å². The van der Waals surface area contributed by atoms with Crippen LogP contribution in [0.1, 0.15) is 25.1 Å². The highest BCUT2D eigenvalue weighted by molar-refractivity contribution is 5.49. The maximum absolute atomic E-state index is 11.7. The second-order valence-corrected chi connectivity index (χ2v) is 4.84. The van der Waals surface area contributed by atoms with Crippen LogP contribution in [-0.4, -0.2) is 21.0 Å². The summed E-state index contributed by atoms with van der Waals surface area (Å²) in [5.41, 5.74) is 2.33. The molecule has 2 N–H and O–H groups in total. The average molecular weight is 258 g/mol. The van der Waals surface area contributed by atoms with Crippen molar-refractivity contribution in [2.75, 3.05) is 0 Å². The van der Waals surface area contributed by atoms with E-state index in [1.165, 1.54) is 6.07 Å². The SMILES string of the molecule is Cc1ccnc(-c2nc(CNC(C)C)cc(=O)[nH]2)c1. The van der Waals surface area contributed by atoms with Crippen molar-refractivity contribution in [1.29, 1.82) is 0 Å². The Kier molecular flexibility index (Phi) is 4.06. The lowest BCUT2D eigenvalue weighted by molar-refractivity contribution is 0.580. The van der Waals surface area contributed by atoms with Crippen LogP contribution in [0.5, 0.6) is 0 Å². The molecule has 2 aromatic heterocycles. The number of hydrogen-bond donors (Lipinski definition) is 2. The molecule has 0 fully saturated rings. The van der Waals surface area contributed by atoms with Gasteiger partial charge in [0.05, 0.1) is 5.69 Å². The first-order chi connectivity index (χ1) is 9.04. The van der Waals surface area contributed by atoms with Crippen molar-refractivity contribution in [1.82, 2.24) is 20.3 Å². The third kappa shape index (κ3) is 3.72. The van der Waals surface area contributed by atoms with E-state index >= 15 is 0 Å². The first-order valence-corrected chi connectivity index (χ1v) is 6.31. The Bertz CT molecular complexity index is 619. The summed E-state index contributed by atoms with van der Waals surface area (Å²) < 4.78 is 0. The Morgan fingerprint density at radius 2 is 2.16 bits per heavy atom. The van der Waals surface area contributed by atoms with E-state index in [1.54, 1.807) is 6.20 Å². The van der Waals surface area contributed by atoms with Crippen molar-refractivity contribution in [3.63, 3.8) is 0 Å². The predicted octanol–water partition coefficient (Wildman–Crippen LogP) is 1.64. The number of aromatic nitrogens is 3. The van der Waals surface area contributed by atoms with E-state index in [1.807, 2.05) is 19.1 Å². The molecule has 5 heteroatoms. The highest BCUT2D eigenvalue weighted by Crippen LogP contribution is 2.11. The molecule has 2 rings (SSSR count). The molecule has 0 amide bonds. The summed E-state index contributed by atoms with van der Waals surface area (Å²) in [5.74, 6) is 0.511. The highest BCUT2D eigenvalue weighted by atomic mass is 16.1. The first kappa shape index (κ1) is 13.4. The molecule has 0 spiro atoms. The number of H-pyrrole nitrogens is 1. The summed E-state index contributed by atoms with van der Waals surface area (Å²) in [6.07, 6.45) is 1.71. The van der Waals surface area contributed by atoms with Gasteiger partial charge in [0.25, 0.3) is 5.56 Å². The van der Waals surface area contributed by atoms with Gasteiger partial charge >= 0.3 is 0 Å². The minimum atomic E-state index is -0.158. The van der Waals surface area contributed by atoms with Crippen molar-refractivity contribution in [2.24, 2.45) is 0 Å². The van der Waals surface area contributed by atoms with Crippen molar-refractivity contribution in [3.05, 3.63) is 46.0 Å². The fourth-order valence-corrected chi connectivity index (χ4v) is 1.69. The maximum Gasteiger partial charge on any atom is 0.251 e. The van der Waals surface area contributed by atoms with E-state index in [-0.39, 0.29) is 5.56 Å². The molecule has 0 saturated carbocycles. The Morgan fingerprint density at radius 1 is 1.37 bits per heavy atom.